The standard InChI is InChI=1S/C17H13N7O4S/c25-15(7-24-10-18-22-23-24)19-13-4-2-1-3-12(13)17(26)27-8-14-20-16(28-21-14)11-5-6-29-9-11/h1-6,9-10H,7-8H2,(H,19,25). The number of amides is 1. The predicted octanol–water partition coefficient (Wildman–Crippen LogP) is 1.78. The first-order chi connectivity index (χ1) is 14.2. The Hall–Kier alpha value is -3.93. The molecule has 146 valence electrons. The smallest absolute Gasteiger partial charge is 0.340 e. The molecule has 0 aliphatic heterocycles. The number of para-hydroxylation sites is 1. The van der Waals surface area contributed by atoms with Gasteiger partial charge in [-0.1, -0.05) is 17.3 Å². The second-order valence-corrected chi connectivity index (χ2v) is 6.49. The first-order valence-electron chi connectivity index (χ1n) is 8.31. The van der Waals surface area contributed by atoms with Gasteiger partial charge in [0.2, 0.25) is 11.7 Å². The van der Waals surface area contributed by atoms with Crippen LogP contribution in [0.3, 0.4) is 0 Å². The maximum Gasteiger partial charge on any atom is 0.340 e. The van der Waals surface area contributed by atoms with Crippen LogP contribution in [0.1, 0.15) is 16.2 Å². The third kappa shape index (κ3) is 4.50. The van der Waals surface area contributed by atoms with Crippen molar-refractivity contribution in [2.24, 2.45) is 0 Å². The second kappa shape index (κ2) is 8.39. The molecule has 12 heteroatoms. The number of ether oxygens (including phenoxy) is 1. The van der Waals surface area contributed by atoms with Gasteiger partial charge in [0.15, 0.2) is 6.61 Å². The summed E-state index contributed by atoms with van der Waals surface area (Å²) in [7, 11) is 0. The zero-order valence-corrected chi connectivity index (χ0v) is 15.6. The number of esters is 1. The van der Waals surface area contributed by atoms with Crippen LogP contribution in [0.5, 0.6) is 0 Å². The van der Waals surface area contributed by atoms with Gasteiger partial charge in [0.1, 0.15) is 12.9 Å². The lowest BCUT2D eigenvalue weighted by Gasteiger charge is -2.10. The maximum atomic E-state index is 12.5. The molecule has 0 aliphatic rings. The van der Waals surface area contributed by atoms with Crippen LogP contribution in [0.25, 0.3) is 11.5 Å². The molecule has 1 amide bonds. The summed E-state index contributed by atoms with van der Waals surface area (Å²) in [6, 6.07) is 8.34. The summed E-state index contributed by atoms with van der Waals surface area (Å²) in [6.07, 6.45) is 1.31. The molecule has 0 spiro atoms. The van der Waals surface area contributed by atoms with E-state index in [0.717, 1.165) is 5.56 Å². The Kier molecular flexibility index (Phi) is 5.33. The normalized spacial score (nSPS) is 10.6. The fourth-order valence-corrected chi connectivity index (χ4v) is 3.01. The summed E-state index contributed by atoms with van der Waals surface area (Å²) in [5, 5.41) is 20.7. The van der Waals surface area contributed by atoms with Gasteiger partial charge in [0, 0.05) is 5.38 Å². The van der Waals surface area contributed by atoms with Crippen LogP contribution in [0.15, 0.2) is 51.9 Å². The lowest BCUT2D eigenvalue weighted by molar-refractivity contribution is -0.116. The molecule has 4 rings (SSSR count). The fourth-order valence-electron chi connectivity index (χ4n) is 2.38. The predicted molar refractivity (Wildman–Crippen MR) is 99.6 cm³/mol. The van der Waals surface area contributed by atoms with Crippen molar-refractivity contribution >= 4 is 28.9 Å². The van der Waals surface area contributed by atoms with Crippen molar-refractivity contribution in [1.29, 1.82) is 0 Å². The van der Waals surface area contributed by atoms with Crippen LogP contribution in [0.4, 0.5) is 5.69 Å². The number of rotatable bonds is 7. The summed E-state index contributed by atoms with van der Waals surface area (Å²) in [5.41, 5.74) is 1.30. The molecule has 0 bridgehead atoms. The van der Waals surface area contributed by atoms with Crippen molar-refractivity contribution in [3.05, 3.63) is 58.8 Å². The number of thiophene rings is 1. The fraction of sp³-hybridized carbons (Fsp3) is 0.118. The lowest BCUT2D eigenvalue weighted by atomic mass is 10.2. The second-order valence-electron chi connectivity index (χ2n) is 5.71. The lowest BCUT2D eigenvalue weighted by Crippen LogP contribution is -2.21. The van der Waals surface area contributed by atoms with Crippen molar-refractivity contribution < 1.29 is 18.8 Å². The molecule has 0 atom stereocenters. The average molecular weight is 411 g/mol. The molecule has 1 N–H and O–H groups in total. The van der Waals surface area contributed by atoms with Crippen LogP contribution < -0.4 is 5.32 Å². The minimum atomic E-state index is -0.634. The molecule has 0 saturated heterocycles. The molecule has 0 aliphatic carbocycles. The van der Waals surface area contributed by atoms with E-state index in [1.807, 2.05) is 16.8 Å². The van der Waals surface area contributed by atoms with Crippen molar-refractivity contribution in [3.8, 4) is 11.5 Å². The Morgan fingerprint density at radius 2 is 2.14 bits per heavy atom. The molecule has 3 heterocycles. The highest BCUT2D eigenvalue weighted by molar-refractivity contribution is 7.08. The number of nitrogens with one attached hydrogen (secondary N) is 1. The van der Waals surface area contributed by atoms with E-state index in [1.165, 1.54) is 22.3 Å². The molecule has 0 saturated carbocycles. The summed E-state index contributed by atoms with van der Waals surface area (Å²) in [5.74, 6) is -0.436. The Morgan fingerprint density at radius 3 is 2.93 bits per heavy atom. The summed E-state index contributed by atoms with van der Waals surface area (Å²) in [4.78, 5) is 28.8. The number of aromatic nitrogens is 6. The SMILES string of the molecule is O=C(Cn1cnnn1)Nc1ccccc1C(=O)OCc1noc(-c2ccsc2)n1. The number of benzene rings is 1. The molecule has 0 fully saturated rings. The molecular weight excluding hydrogens is 398 g/mol. The summed E-state index contributed by atoms with van der Waals surface area (Å²) < 4.78 is 11.7. The third-order valence-electron chi connectivity index (χ3n) is 3.69. The Labute approximate surface area is 167 Å². The zero-order valence-electron chi connectivity index (χ0n) is 14.8. The highest BCUT2D eigenvalue weighted by atomic mass is 32.1. The molecule has 0 unspecified atom stereocenters. The highest BCUT2D eigenvalue weighted by Crippen LogP contribution is 2.21. The van der Waals surface area contributed by atoms with Gasteiger partial charge in [0.05, 0.1) is 16.8 Å². The Morgan fingerprint density at radius 1 is 1.24 bits per heavy atom. The largest absolute Gasteiger partial charge is 0.454 e. The van der Waals surface area contributed by atoms with Crippen molar-refractivity contribution in [2.75, 3.05) is 5.32 Å². The van der Waals surface area contributed by atoms with Crippen molar-refractivity contribution in [3.63, 3.8) is 0 Å². The van der Waals surface area contributed by atoms with Gasteiger partial charge in [-0.15, -0.1) is 5.10 Å². The molecular formula is C17H13N7O4S. The maximum absolute atomic E-state index is 12.5. The van der Waals surface area contributed by atoms with Crippen LogP contribution >= 0.6 is 11.3 Å². The molecule has 1 aromatic carbocycles. The molecule has 0 radical (unpaired) electrons. The van der Waals surface area contributed by atoms with Gasteiger partial charge >= 0.3 is 5.97 Å². The van der Waals surface area contributed by atoms with E-state index >= 15 is 0 Å². The van der Waals surface area contributed by atoms with E-state index < -0.39 is 11.9 Å². The average Bonchev–Trinajstić information content (AvgIpc) is 3.48. The highest BCUT2D eigenvalue weighted by Gasteiger charge is 2.17. The van der Waals surface area contributed by atoms with Gasteiger partial charge in [0.25, 0.3) is 5.89 Å². The molecule has 29 heavy (non-hydrogen) atoms. The number of nitrogens with zero attached hydrogens (tertiary/aromatic N) is 6. The van der Waals surface area contributed by atoms with E-state index in [0.29, 0.717) is 11.6 Å². The van der Waals surface area contributed by atoms with Crippen LogP contribution in [-0.2, 0) is 22.7 Å². The minimum absolute atomic E-state index is 0.0927. The van der Waals surface area contributed by atoms with Gasteiger partial charge < -0.3 is 14.6 Å². The number of carbonyl (C=O) groups is 2. The summed E-state index contributed by atoms with van der Waals surface area (Å²) >= 11 is 1.51. The van der Waals surface area contributed by atoms with Gasteiger partial charge in [-0.25, -0.2) is 9.48 Å². The van der Waals surface area contributed by atoms with E-state index in [4.69, 9.17) is 9.26 Å². The monoisotopic (exact) mass is 411 g/mol. The first kappa shape index (κ1) is 18.4. The minimum Gasteiger partial charge on any atom is -0.454 e. The van der Waals surface area contributed by atoms with Gasteiger partial charge in [-0.05, 0) is 34.0 Å². The Balaban J connectivity index is 1.39. The van der Waals surface area contributed by atoms with E-state index in [1.54, 1.807) is 24.3 Å². The topological polar surface area (TPSA) is 138 Å². The third-order valence-corrected chi connectivity index (χ3v) is 4.37. The van der Waals surface area contributed by atoms with E-state index in [9.17, 15) is 9.59 Å². The number of anilines is 1. The number of carbonyl (C=O) groups excluding carboxylic acids is 2. The van der Waals surface area contributed by atoms with Crippen molar-refractivity contribution in [2.45, 2.75) is 13.2 Å². The zero-order chi connectivity index (χ0) is 20.1. The molecule has 4 aromatic rings. The van der Waals surface area contributed by atoms with Crippen LogP contribution in [-0.4, -0.2) is 42.2 Å². The van der Waals surface area contributed by atoms with Gasteiger partial charge in [-0.3, -0.25) is 4.79 Å². The van der Waals surface area contributed by atoms with E-state index in [-0.39, 0.29) is 24.5 Å². The number of hydrogen-bond donors (Lipinski definition) is 1. The number of tetrazole rings is 1. The number of hydrogen-bond acceptors (Lipinski definition) is 10. The van der Waals surface area contributed by atoms with Crippen molar-refractivity contribution in [1.82, 2.24) is 30.3 Å². The van der Waals surface area contributed by atoms with Crippen LogP contribution in [0, 0.1) is 0 Å². The quantitative estimate of drug-likeness (QED) is 0.451. The van der Waals surface area contributed by atoms with Gasteiger partial charge in [-0.2, -0.15) is 16.3 Å². The summed E-state index contributed by atoms with van der Waals surface area (Å²) in [6.45, 7) is -0.260. The van der Waals surface area contributed by atoms with Crippen LogP contribution in [0.2, 0.25) is 0 Å². The van der Waals surface area contributed by atoms with E-state index in [2.05, 4.69) is 31.0 Å². The molecule has 11 nitrogen and oxygen atoms in total. The Bertz CT molecular complexity index is 1110. The molecule has 3 aromatic heterocycles. The first-order valence-corrected chi connectivity index (χ1v) is 9.25.